The van der Waals surface area contributed by atoms with Gasteiger partial charge in [-0.2, -0.15) is 0 Å². The Morgan fingerprint density at radius 1 is 1.18 bits per heavy atom. The van der Waals surface area contributed by atoms with Gasteiger partial charge in [-0.15, -0.1) is 11.8 Å². The van der Waals surface area contributed by atoms with E-state index in [1.165, 1.54) is 30.0 Å². The Bertz CT molecular complexity index is 1240. The minimum absolute atomic E-state index is 0.127. The van der Waals surface area contributed by atoms with Gasteiger partial charge in [0.2, 0.25) is 0 Å². The van der Waals surface area contributed by atoms with Gasteiger partial charge < -0.3 is 10.4 Å². The number of rotatable bonds is 6. The Morgan fingerprint density at radius 2 is 1.82 bits per heavy atom. The highest BCUT2D eigenvalue weighted by Gasteiger charge is 2.23. The van der Waals surface area contributed by atoms with Crippen molar-refractivity contribution in [1.29, 1.82) is 0 Å². The SMILES string of the molecule is CC(CC(C)(O)C#Cc1ccncc1)Sc1cc(C(=O)Nc2cc(F)c(F)c(F)c2)ccc1Cl. The molecule has 0 radical (unpaired) electrons. The number of aliphatic hydroxyl groups is 1. The molecular weight excluding hydrogens is 485 g/mol. The number of carbonyl (C=O) groups excluding carboxylic acids is 1. The zero-order chi connectivity index (χ0) is 24.9. The van der Waals surface area contributed by atoms with Gasteiger partial charge in [0, 0.05) is 51.5 Å². The number of hydrogen-bond donors (Lipinski definition) is 2. The summed E-state index contributed by atoms with van der Waals surface area (Å²) in [5, 5.41) is 13.3. The number of nitrogens with zero attached hydrogens (tertiary/aromatic N) is 1. The van der Waals surface area contributed by atoms with Crippen molar-refractivity contribution in [2.75, 3.05) is 5.32 Å². The van der Waals surface area contributed by atoms with Gasteiger partial charge in [-0.1, -0.05) is 30.4 Å². The van der Waals surface area contributed by atoms with Crippen LogP contribution in [0.3, 0.4) is 0 Å². The van der Waals surface area contributed by atoms with Crippen LogP contribution in [0, 0.1) is 29.3 Å². The van der Waals surface area contributed by atoms with Crippen LogP contribution in [0.2, 0.25) is 5.02 Å². The molecule has 0 saturated heterocycles. The minimum atomic E-state index is -1.61. The van der Waals surface area contributed by atoms with Gasteiger partial charge in [0.1, 0.15) is 5.60 Å². The molecule has 2 unspecified atom stereocenters. The van der Waals surface area contributed by atoms with E-state index in [1.807, 2.05) is 6.92 Å². The molecule has 0 spiro atoms. The third-order valence-electron chi connectivity index (χ3n) is 4.60. The van der Waals surface area contributed by atoms with E-state index in [9.17, 15) is 23.1 Å². The normalized spacial score (nSPS) is 13.4. The second kappa shape index (κ2) is 11.0. The number of pyridine rings is 1. The number of carbonyl (C=O) groups is 1. The van der Waals surface area contributed by atoms with E-state index in [0.29, 0.717) is 28.5 Å². The predicted octanol–water partition coefficient (Wildman–Crippen LogP) is 6.08. The number of amides is 1. The Labute approximate surface area is 204 Å². The lowest BCUT2D eigenvalue weighted by Crippen LogP contribution is -2.25. The van der Waals surface area contributed by atoms with E-state index < -0.39 is 29.0 Å². The zero-order valence-corrected chi connectivity index (χ0v) is 19.8. The first-order valence-electron chi connectivity index (χ1n) is 10.1. The van der Waals surface area contributed by atoms with Crippen LogP contribution in [-0.4, -0.2) is 26.8 Å². The quantitative estimate of drug-likeness (QED) is 0.243. The smallest absolute Gasteiger partial charge is 0.255 e. The molecule has 34 heavy (non-hydrogen) atoms. The molecular formula is C25H20ClF3N2O2S. The summed E-state index contributed by atoms with van der Waals surface area (Å²) in [7, 11) is 0. The molecule has 0 fully saturated rings. The first-order valence-corrected chi connectivity index (χ1v) is 11.4. The van der Waals surface area contributed by atoms with Crippen molar-refractivity contribution in [3.8, 4) is 11.8 Å². The molecule has 0 aliphatic heterocycles. The van der Waals surface area contributed by atoms with Gasteiger partial charge in [-0.05, 0) is 43.7 Å². The number of halogens is 4. The minimum Gasteiger partial charge on any atom is -0.378 e. The van der Waals surface area contributed by atoms with Gasteiger partial charge in [-0.3, -0.25) is 9.78 Å². The molecule has 0 aliphatic carbocycles. The van der Waals surface area contributed by atoms with Crippen molar-refractivity contribution in [2.24, 2.45) is 0 Å². The fourth-order valence-corrected chi connectivity index (χ4v) is 4.55. The molecule has 2 N–H and O–H groups in total. The molecule has 2 atom stereocenters. The van der Waals surface area contributed by atoms with E-state index >= 15 is 0 Å². The Balaban J connectivity index is 1.69. The van der Waals surface area contributed by atoms with E-state index in [1.54, 1.807) is 31.5 Å². The summed E-state index contributed by atoms with van der Waals surface area (Å²) in [6, 6.07) is 9.39. The lowest BCUT2D eigenvalue weighted by molar-refractivity contribution is 0.102. The van der Waals surface area contributed by atoms with Crippen LogP contribution in [0.25, 0.3) is 0 Å². The molecule has 0 aliphatic rings. The van der Waals surface area contributed by atoms with Crippen molar-refractivity contribution in [3.05, 3.63) is 88.5 Å². The van der Waals surface area contributed by atoms with Crippen LogP contribution in [0.4, 0.5) is 18.9 Å². The van der Waals surface area contributed by atoms with E-state index in [4.69, 9.17) is 11.6 Å². The Hall–Kier alpha value is -2.99. The molecule has 1 amide bonds. The third kappa shape index (κ3) is 7.00. The van der Waals surface area contributed by atoms with Gasteiger partial charge in [-0.25, -0.2) is 13.2 Å². The predicted molar refractivity (Wildman–Crippen MR) is 127 cm³/mol. The molecule has 4 nitrogen and oxygen atoms in total. The van der Waals surface area contributed by atoms with Crippen molar-refractivity contribution in [1.82, 2.24) is 4.98 Å². The van der Waals surface area contributed by atoms with E-state index in [0.717, 1.165) is 5.56 Å². The highest BCUT2D eigenvalue weighted by Crippen LogP contribution is 2.34. The molecule has 1 aromatic heterocycles. The monoisotopic (exact) mass is 504 g/mol. The average Bonchev–Trinajstić information content (AvgIpc) is 2.78. The highest BCUT2D eigenvalue weighted by atomic mass is 35.5. The third-order valence-corrected chi connectivity index (χ3v) is 6.21. The molecule has 0 saturated carbocycles. The van der Waals surface area contributed by atoms with Gasteiger partial charge in [0.15, 0.2) is 17.5 Å². The molecule has 3 aromatic rings. The number of hydrogen-bond acceptors (Lipinski definition) is 4. The van der Waals surface area contributed by atoms with Crippen molar-refractivity contribution < 1.29 is 23.1 Å². The summed E-state index contributed by atoms with van der Waals surface area (Å²) >= 11 is 7.63. The van der Waals surface area contributed by atoms with Gasteiger partial charge in [0.05, 0.1) is 5.02 Å². The average molecular weight is 505 g/mol. The largest absolute Gasteiger partial charge is 0.378 e. The van der Waals surface area contributed by atoms with Crippen LogP contribution in [0.5, 0.6) is 0 Å². The van der Waals surface area contributed by atoms with Crippen LogP contribution in [0.15, 0.2) is 59.8 Å². The number of nitrogens with one attached hydrogen (secondary N) is 1. The van der Waals surface area contributed by atoms with Crippen LogP contribution >= 0.6 is 23.4 Å². The van der Waals surface area contributed by atoms with Crippen molar-refractivity contribution in [2.45, 2.75) is 36.0 Å². The first kappa shape index (κ1) is 25.6. The summed E-state index contributed by atoms with van der Waals surface area (Å²) in [5.41, 5.74) is -0.567. The van der Waals surface area contributed by atoms with Crippen molar-refractivity contribution >= 4 is 35.0 Å². The Kier molecular flexibility index (Phi) is 8.26. The summed E-state index contributed by atoms with van der Waals surface area (Å²) in [5.74, 6) is 0.702. The molecule has 0 bridgehead atoms. The second-order valence-corrected chi connectivity index (χ2v) is 9.63. The number of aromatic nitrogens is 1. The fourth-order valence-electron chi connectivity index (χ4n) is 3.08. The maximum atomic E-state index is 13.4. The lowest BCUT2D eigenvalue weighted by Gasteiger charge is -2.21. The number of anilines is 1. The number of thioether (sulfide) groups is 1. The van der Waals surface area contributed by atoms with Gasteiger partial charge in [0.25, 0.3) is 5.91 Å². The second-order valence-electron chi connectivity index (χ2n) is 7.75. The van der Waals surface area contributed by atoms with E-state index in [-0.39, 0.29) is 16.5 Å². The Morgan fingerprint density at radius 3 is 2.47 bits per heavy atom. The van der Waals surface area contributed by atoms with Crippen molar-refractivity contribution in [3.63, 3.8) is 0 Å². The highest BCUT2D eigenvalue weighted by molar-refractivity contribution is 8.00. The summed E-state index contributed by atoms with van der Waals surface area (Å²) in [6.07, 6.45) is 3.55. The number of benzene rings is 2. The van der Waals surface area contributed by atoms with Crippen LogP contribution in [0.1, 0.15) is 36.2 Å². The topological polar surface area (TPSA) is 62.2 Å². The lowest BCUT2D eigenvalue weighted by atomic mass is 10.0. The zero-order valence-electron chi connectivity index (χ0n) is 18.2. The van der Waals surface area contributed by atoms with Gasteiger partial charge >= 0.3 is 0 Å². The molecule has 2 aromatic carbocycles. The molecule has 176 valence electrons. The van der Waals surface area contributed by atoms with Crippen LogP contribution < -0.4 is 5.32 Å². The summed E-state index contributed by atoms with van der Waals surface area (Å²) in [4.78, 5) is 17.1. The molecule has 1 heterocycles. The molecule has 9 heteroatoms. The van der Waals surface area contributed by atoms with Crippen LogP contribution in [-0.2, 0) is 0 Å². The molecule has 3 rings (SSSR count). The maximum absolute atomic E-state index is 13.4. The standard InChI is InChI=1S/C25H20ClF3N2O2S/c1-15(14-25(2,33)8-5-16-6-9-30-10-7-16)34-22-11-17(3-4-19(22)26)24(32)31-18-12-20(27)23(29)21(28)13-18/h3-4,6-7,9-13,15,33H,14H2,1-2H3,(H,31,32). The van der Waals surface area contributed by atoms with E-state index in [2.05, 4.69) is 22.1 Å². The maximum Gasteiger partial charge on any atom is 0.255 e. The summed E-state index contributed by atoms with van der Waals surface area (Å²) in [6.45, 7) is 3.51. The first-order chi connectivity index (χ1) is 16.0. The fraction of sp³-hybridized carbons (Fsp3) is 0.200. The summed E-state index contributed by atoms with van der Waals surface area (Å²) < 4.78 is 40.0.